The van der Waals surface area contributed by atoms with E-state index in [1.54, 1.807) is 0 Å². The molecule has 4 aliphatic rings. The average Bonchev–Trinajstić information content (AvgIpc) is 2.11. The van der Waals surface area contributed by atoms with Crippen molar-refractivity contribution in [2.45, 2.75) is 38.5 Å². The molecule has 0 aromatic rings. The zero-order chi connectivity index (χ0) is 13.6. The molecule has 0 aromatic heterocycles. The molecule has 1 nitrogen and oxygen atoms in total. The second-order valence-electron chi connectivity index (χ2n) is 8.17. The number of rotatable bonds is 1. The van der Waals surface area contributed by atoms with Crippen molar-refractivity contribution in [2.75, 3.05) is 28.2 Å². The van der Waals surface area contributed by atoms with Crippen LogP contribution in [-0.2, 0) is 0 Å². The summed E-state index contributed by atoms with van der Waals surface area (Å²) >= 11 is 8.56. The molecule has 4 saturated carbocycles. The maximum atomic E-state index is 5.43. The first-order valence-corrected chi connectivity index (χ1v) is 8.45. The normalized spacial score (nSPS) is 41.2. The fourth-order valence-electron chi connectivity index (χ4n) is 4.36. The molecule has 0 N–H and O–H groups in total. The van der Waals surface area contributed by atoms with Gasteiger partial charge in [-0.05, 0) is 0 Å². The van der Waals surface area contributed by atoms with Crippen molar-refractivity contribution in [3.05, 3.63) is 0 Å². The molecule has 4 rings (SSSR count). The Morgan fingerprint density at radius 1 is 0.944 bits per heavy atom. The SMILES string of the molecule is C[N+](C)(C)C.S=C([Se-])C12CC3CC(CC(C3)C1)C2. The van der Waals surface area contributed by atoms with Gasteiger partial charge in [-0.25, -0.2) is 0 Å². The van der Waals surface area contributed by atoms with E-state index < -0.39 is 0 Å². The van der Waals surface area contributed by atoms with Crippen LogP contribution in [-0.4, -0.2) is 52.4 Å². The maximum absolute atomic E-state index is 5.43. The summed E-state index contributed by atoms with van der Waals surface area (Å²) in [5, 5.41) is 0. The first-order chi connectivity index (χ1) is 8.18. The molecule has 18 heavy (non-hydrogen) atoms. The molecular weight excluding hydrogens is 305 g/mol. The molecule has 3 heteroatoms. The molecule has 104 valence electrons. The van der Waals surface area contributed by atoms with Gasteiger partial charge < -0.3 is 4.48 Å². The molecule has 0 unspecified atom stereocenters. The van der Waals surface area contributed by atoms with Gasteiger partial charge in [-0.1, -0.05) is 0 Å². The summed E-state index contributed by atoms with van der Waals surface area (Å²) in [5.41, 5.74) is 0.476. The van der Waals surface area contributed by atoms with E-state index in [1.807, 2.05) is 0 Å². The van der Waals surface area contributed by atoms with Crippen molar-refractivity contribution in [1.82, 2.24) is 0 Å². The van der Waals surface area contributed by atoms with Gasteiger partial charge in [0, 0.05) is 0 Å². The summed E-state index contributed by atoms with van der Waals surface area (Å²) in [4.78, 5) is 0. The van der Waals surface area contributed by atoms with Crippen LogP contribution in [0.4, 0.5) is 0 Å². The zero-order valence-corrected chi connectivity index (χ0v) is 14.8. The van der Waals surface area contributed by atoms with E-state index in [0.29, 0.717) is 5.41 Å². The predicted molar refractivity (Wildman–Crippen MR) is 82.9 cm³/mol. The molecule has 0 amide bonds. The van der Waals surface area contributed by atoms with E-state index in [0.717, 1.165) is 22.2 Å². The van der Waals surface area contributed by atoms with Crippen LogP contribution in [0.2, 0.25) is 0 Å². The van der Waals surface area contributed by atoms with Gasteiger partial charge in [-0.15, -0.1) is 0 Å². The molecule has 0 aromatic carbocycles. The number of thiocarbonyl (C=S) groups is 1. The third-order valence-corrected chi connectivity index (χ3v) is 5.81. The minimum atomic E-state index is 0.476. The summed E-state index contributed by atoms with van der Waals surface area (Å²) in [6, 6.07) is 0. The Kier molecular flexibility index (Phi) is 4.29. The summed E-state index contributed by atoms with van der Waals surface area (Å²) < 4.78 is 2.20. The topological polar surface area (TPSA) is 0 Å². The van der Waals surface area contributed by atoms with Gasteiger partial charge in [0.2, 0.25) is 0 Å². The van der Waals surface area contributed by atoms with E-state index in [-0.39, 0.29) is 0 Å². The zero-order valence-electron chi connectivity index (χ0n) is 12.2. The molecule has 0 saturated heterocycles. The van der Waals surface area contributed by atoms with Crippen molar-refractivity contribution in [3.63, 3.8) is 0 Å². The average molecular weight is 332 g/mol. The molecule has 0 aliphatic heterocycles. The Labute approximate surface area is 126 Å². The predicted octanol–water partition coefficient (Wildman–Crippen LogP) is 3.02. The monoisotopic (exact) mass is 333 g/mol. The Morgan fingerprint density at radius 2 is 1.22 bits per heavy atom. The standard InChI is InChI=1S/C11H16SSe.C4H12N/c12-10(13)11-4-7-1-8(5-11)3-9(2-7)6-11;1-5(2,3)4/h7-9H,1-6H2,(H,12,13);1-4H3/q;+1/p-1. The number of hydrogen-bond donors (Lipinski definition) is 0. The van der Waals surface area contributed by atoms with Crippen LogP contribution in [0.5, 0.6) is 0 Å². The van der Waals surface area contributed by atoms with Gasteiger partial charge in [-0.3, -0.25) is 0 Å². The quantitative estimate of drug-likeness (QED) is 0.404. The summed E-state index contributed by atoms with van der Waals surface area (Å²) in [7, 11) is 8.50. The molecule has 0 spiro atoms. The number of nitrogens with zero attached hydrogens (tertiary/aromatic N) is 1. The third kappa shape index (κ3) is 3.56. The fourth-order valence-corrected chi connectivity index (χ4v) is 5.14. The van der Waals surface area contributed by atoms with E-state index >= 15 is 0 Å². The van der Waals surface area contributed by atoms with Gasteiger partial charge in [0.25, 0.3) is 0 Å². The Balaban J connectivity index is 0.000000209. The van der Waals surface area contributed by atoms with E-state index in [9.17, 15) is 0 Å². The Morgan fingerprint density at radius 3 is 1.44 bits per heavy atom. The van der Waals surface area contributed by atoms with Gasteiger partial charge >= 0.3 is 93.7 Å². The van der Waals surface area contributed by atoms with Crippen molar-refractivity contribution in [3.8, 4) is 0 Å². The molecule has 4 aliphatic carbocycles. The van der Waals surface area contributed by atoms with Gasteiger partial charge in [0.1, 0.15) is 0 Å². The van der Waals surface area contributed by atoms with Crippen LogP contribution >= 0.6 is 12.2 Å². The molecule has 0 heterocycles. The second-order valence-corrected chi connectivity index (χ2v) is 10.0. The minimum absolute atomic E-state index is 0.476. The Bertz CT molecular complexity index is 291. The molecule has 0 radical (unpaired) electrons. The van der Waals surface area contributed by atoms with Gasteiger partial charge in [-0.2, -0.15) is 0 Å². The molecule has 0 atom stereocenters. The fraction of sp³-hybridized carbons (Fsp3) is 0.933. The third-order valence-electron chi connectivity index (χ3n) is 4.47. The van der Waals surface area contributed by atoms with Crippen molar-refractivity contribution < 1.29 is 4.48 Å². The summed E-state index contributed by atoms with van der Waals surface area (Å²) in [6.07, 6.45) is 8.77. The van der Waals surface area contributed by atoms with Crippen LogP contribution in [0, 0.1) is 23.2 Å². The second kappa shape index (κ2) is 5.16. The first-order valence-electron chi connectivity index (χ1n) is 7.18. The van der Waals surface area contributed by atoms with E-state index in [1.165, 1.54) is 42.3 Å². The molecule has 4 fully saturated rings. The first kappa shape index (κ1) is 15.0. The van der Waals surface area contributed by atoms with Crippen LogP contribution in [0.3, 0.4) is 0 Å². The van der Waals surface area contributed by atoms with Crippen LogP contribution in [0.25, 0.3) is 0 Å². The van der Waals surface area contributed by atoms with Gasteiger partial charge in [0.15, 0.2) is 0 Å². The molecular formula is C15H27NSSe. The van der Waals surface area contributed by atoms with Crippen molar-refractivity contribution in [1.29, 1.82) is 0 Å². The van der Waals surface area contributed by atoms with Crippen molar-refractivity contribution in [2.24, 2.45) is 23.2 Å². The van der Waals surface area contributed by atoms with E-state index in [4.69, 9.17) is 12.2 Å². The van der Waals surface area contributed by atoms with Crippen LogP contribution < -0.4 is 0 Å². The van der Waals surface area contributed by atoms with Crippen LogP contribution in [0.15, 0.2) is 0 Å². The van der Waals surface area contributed by atoms with Gasteiger partial charge in [0.05, 0.1) is 28.2 Å². The Hall–Kier alpha value is 0.569. The van der Waals surface area contributed by atoms with Crippen molar-refractivity contribution >= 4 is 32.0 Å². The summed E-state index contributed by atoms with van der Waals surface area (Å²) in [6.45, 7) is 0. The number of quaternary nitrogens is 1. The summed E-state index contributed by atoms with van der Waals surface area (Å²) in [5.74, 6) is 3.08. The molecule has 4 bridgehead atoms. The number of hydrogen-bond acceptors (Lipinski definition) is 1. The van der Waals surface area contributed by atoms with E-state index in [2.05, 4.69) is 44.2 Å². The van der Waals surface area contributed by atoms with Crippen LogP contribution in [0.1, 0.15) is 38.5 Å².